The highest BCUT2D eigenvalue weighted by Gasteiger charge is 2.47. The van der Waals surface area contributed by atoms with Gasteiger partial charge in [-0.1, -0.05) is 12.1 Å². The topological polar surface area (TPSA) is 87.7 Å². The maximum absolute atomic E-state index is 13.3. The molecular formula is C21H21F2N3O4. The molecular weight excluding hydrogens is 396 g/mol. The van der Waals surface area contributed by atoms with Crippen molar-refractivity contribution in [3.8, 4) is 5.75 Å². The van der Waals surface area contributed by atoms with Gasteiger partial charge in [-0.3, -0.25) is 14.5 Å². The molecule has 1 fully saturated rings. The minimum atomic E-state index is -1.15. The van der Waals surface area contributed by atoms with Crippen LogP contribution >= 0.6 is 0 Å². The highest BCUT2D eigenvalue weighted by atomic mass is 19.2. The lowest BCUT2D eigenvalue weighted by Crippen LogP contribution is -2.45. The molecule has 0 bridgehead atoms. The summed E-state index contributed by atoms with van der Waals surface area (Å²) < 4.78 is 31.4. The Morgan fingerprint density at radius 2 is 1.83 bits per heavy atom. The van der Waals surface area contributed by atoms with Crippen molar-refractivity contribution in [2.75, 3.05) is 19.0 Å². The van der Waals surface area contributed by atoms with Crippen LogP contribution in [-0.2, 0) is 16.0 Å². The second-order valence-electron chi connectivity index (χ2n) is 7.18. The highest BCUT2D eigenvalue weighted by Crippen LogP contribution is 2.24. The first kappa shape index (κ1) is 21.2. The number of carbonyl (C=O) groups is 3. The molecule has 1 saturated heterocycles. The van der Waals surface area contributed by atoms with Crippen LogP contribution in [0.1, 0.15) is 18.9 Å². The normalized spacial score (nSPS) is 18.3. The molecule has 3 rings (SSSR count). The van der Waals surface area contributed by atoms with Crippen LogP contribution < -0.4 is 15.4 Å². The standard InChI is InChI=1S/C21H21F2N3O4/c1-21(10-9-13-3-6-15(30-2)7-4-13)19(28)26(20(29)25-21)12-18(27)24-14-5-8-16(22)17(23)11-14/h3-8,11H,9-10,12H2,1-2H3,(H,24,27)(H,25,29). The van der Waals surface area contributed by atoms with E-state index < -0.39 is 41.6 Å². The molecule has 1 unspecified atom stereocenters. The van der Waals surface area contributed by atoms with E-state index in [9.17, 15) is 23.2 Å². The van der Waals surface area contributed by atoms with E-state index in [-0.39, 0.29) is 5.69 Å². The second-order valence-corrected chi connectivity index (χ2v) is 7.18. The van der Waals surface area contributed by atoms with Gasteiger partial charge in [-0.05, 0) is 49.6 Å². The lowest BCUT2D eigenvalue weighted by Gasteiger charge is -2.21. The number of carbonyl (C=O) groups excluding carboxylic acids is 3. The van der Waals surface area contributed by atoms with E-state index in [4.69, 9.17) is 4.74 Å². The number of nitrogens with zero attached hydrogens (tertiary/aromatic N) is 1. The van der Waals surface area contributed by atoms with Gasteiger partial charge in [0.15, 0.2) is 11.6 Å². The van der Waals surface area contributed by atoms with Crippen LogP contribution in [-0.4, -0.2) is 41.9 Å². The van der Waals surface area contributed by atoms with Crippen LogP contribution in [0.25, 0.3) is 0 Å². The lowest BCUT2D eigenvalue weighted by molar-refractivity contribution is -0.133. The van der Waals surface area contributed by atoms with Crippen LogP contribution in [0, 0.1) is 11.6 Å². The molecule has 0 radical (unpaired) electrons. The molecule has 1 aliphatic heterocycles. The van der Waals surface area contributed by atoms with Crippen LogP contribution in [0.15, 0.2) is 42.5 Å². The minimum absolute atomic E-state index is 0.0215. The Balaban J connectivity index is 1.61. The number of hydrogen-bond donors (Lipinski definition) is 2. The molecule has 1 heterocycles. The van der Waals surface area contributed by atoms with Gasteiger partial charge in [0.25, 0.3) is 5.91 Å². The Kier molecular flexibility index (Phi) is 6.00. The number of aryl methyl sites for hydroxylation is 1. The van der Waals surface area contributed by atoms with E-state index in [1.54, 1.807) is 14.0 Å². The number of methoxy groups -OCH3 is 1. The molecule has 30 heavy (non-hydrogen) atoms. The summed E-state index contributed by atoms with van der Waals surface area (Å²) in [6.45, 7) is 1.06. The minimum Gasteiger partial charge on any atom is -0.497 e. The molecule has 1 atom stereocenters. The van der Waals surface area contributed by atoms with Gasteiger partial charge in [-0.15, -0.1) is 0 Å². The molecule has 0 aliphatic carbocycles. The van der Waals surface area contributed by atoms with E-state index in [2.05, 4.69) is 10.6 Å². The van der Waals surface area contributed by atoms with Gasteiger partial charge in [0.2, 0.25) is 5.91 Å². The number of ether oxygens (including phenoxy) is 1. The number of imide groups is 1. The van der Waals surface area contributed by atoms with Crippen molar-refractivity contribution in [2.24, 2.45) is 0 Å². The summed E-state index contributed by atoms with van der Waals surface area (Å²) in [5.74, 6) is -2.68. The summed E-state index contributed by atoms with van der Waals surface area (Å²) in [4.78, 5) is 38.1. The third-order valence-electron chi connectivity index (χ3n) is 4.92. The maximum atomic E-state index is 13.3. The van der Waals surface area contributed by atoms with E-state index in [0.29, 0.717) is 18.6 Å². The molecule has 158 valence electrons. The van der Waals surface area contributed by atoms with E-state index in [0.717, 1.165) is 22.6 Å². The van der Waals surface area contributed by atoms with Gasteiger partial charge < -0.3 is 15.4 Å². The number of amides is 4. The van der Waals surface area contributed by atoms with Gasteiger partial charge >= 0.3 is 6.03 Å². The average molecular weight is 417 g/mol. The monoisotopic (exact) mass is 417 g/mol. The molecule has 0 aromatic heterocycles. The van der Waals surface area contributed by atoms with Gasteiger partial charge in [-0.25, -0.2) is 13.6 Å². The van der Waals surface area contributed by atoms with Gasteiger partial charge in [0.1, 0.15) is 17.8 Å². The smallest absolute Gasteiger partial charge is 0.325 e. The number of anilines is 1. The molecule has 4 amide bonds. The summed E-state index contributed by atoms with van der Waals surface area (Å²) in [7, 11) is 1.57. The van der Waals surface area contributed by atoms with E-state index >= 15 is 0 Å². The first-order valence-electron chi connectivity index (χ1n) is 9.24. The quantitative estimate of drug-likeness (QED) is 0.679. The number of halogens is 2. The van der Waals surface area contributed by atoms with Crippen LogP contribution in [0.5, 0.6) is 5.75 Å². The third kappa shape index (κ3) is 4.56. The summed E-state index contributed by atoms with van der Waals surface area (Å²) in [5, 5.41) is 4.97. The van der Waals surface area contributed by atoms with Crippen molar-refractivity contribution in [3.05, 3.63) is 59.7 Å². The fraction of sp³-hybridized carbons (Fsp3) is 0.286. The van der Waals surface area contributed by atoms with Gasteiger partial charge in [-0.2, -0.15) is 0 Å². The number of benzene rings is 2. The molecule has 7 nitrogen and oxygen atoms in total. The maximum Gasteiger partial charge on any atom is 0.325 e. The lowest BCUT2D eigenvalue weighted by atomic mass is 9.93. The Morgan fingerprint density at radius 3 is 2.47 bits per heavy atom. The zero-order chi connectivity index (χ0) is 21.9. The number of urea groups is 1. The van der Waals surface area contributed by atoms with Gasteiger partial charge in [0.05, 0.1) is 7.11 Å². The second kappa shape index (κ2) is 8.48. The summed E-state index contributed by atoms with van der Waals surface area (Å²) in [5.41, 5.74) is -0.166. The highest BCUT2D eigenvalue weighted by molar-refractivity contribution is 6.09. The van der Waals surface area contributed by atoms with E-state index in [1.807, 2.05) is 24.3 Å². The van der Waals surface area contributed by atoms with E-state index in [1.165, 1.54) is 6.07 Å². The number of rotatable bonds is 7. The van der Waals surface area contributed by atoms with Gasteiger partial charge in [0, 0.05) is 11.8 Å². The first-order chi connectivity index (χ1) is 14.2. The molecule has 2 N–H and O–H groups in total. The predicted octanol–water partition coefficient (Wildman–Crippen LogP) is 2.86. The van der Waals surface area contributed by atoms with Crippen molar-refractivity contribution in [1.29, 1.82) is 0 Å². The van der Waals surface area contributed by atoms with Crippen LogP contribution in [0.4, 0.5) is 19.3 Å². The molecule has 2 aromatic carbocycles. The van der Waals surface area contributed by atoms with Crippen LogP contribution in [0.2, 0.25) is 0 Å². The van der Waals surface area contributed by atoms with Crippen LogP contribution in [0.3, 0.4) is 0 Å². The van der Waals surface area contributed by atoms with Crippen molar-refractivity contribution in [2.45, 2.75) is 25.3 Å². The fourth-order valence-corrected chi connectivity index (χ4v) is 3.16. The Labute approximate surface area is 172 Å². The third-order valence-corrected chi connectivity index (χ3v) is 4.92. The number of hydrogen-bond acceptors (Lipinski definition) is 4. The molecule has 2 aromatic rings. The van der Waals surface area contributed by atoms with Crippen molar-refractivity contribution < 1.29 is 27.9 Å². The van der Waals surface area contributed by atoms with Crippen molar-refractivity contribution in [1.82, 2.24) is 10.2 Å². The Bertz CT molecular complexity index is 981. The SMILES string of the molecule is COc1ccc(CCC2(C)NC(=O)N(CC(=O)Nc3ccc(F)c(F)c3)C2=O)cc1. The zero-order valence-electron chi connectivity index (χ0n) is 16.5. The predicted molar refractivity (Wildman–Crippen MR) is 105 cm³/mol. The average Bonchev–Trinajstić information content (AvgIpc) is 2.93. The molecule has 0 spiro atoms. The molecule has 1 aliphatic rings. The Morgan fingerprint density at radius 1 is 1.13 bits per heavy atom. The summed E-state index contributed by atoms with van der Waals surface area (Å²) in [6, 6.07) is 9.54. The molecule has 9 heteroatoms. The largest absolute Gasteiger partial charge is 0.497 e. The van der Waals surface area contributed by atoms with Crippen molar-refractivity contribution >= 4 is 23.5 Å². The summed E-state index contributed by atoms with van der Waals surface area (Å²) in [6.07, 6.45) is 0.868. The Hall–Kier alpha value is -3.49. The zero-order valence-corrected chi connectivity index (χ0v) is 16.5. The fourth-order valence-electron chi connectivity index (χ4n) is 3.16. The number of nitrogens with one attached hydrogen (secondary N) is 2. The van der Waals surface area contributed by atoms with Crippen molar-refractivity contribution in [3.63, 3.8) is 0 Å². The summed E-state index contributed by atoms with van der Waals surface area (Å²) >= 11 is 0. The first-order valence-corrected chi connectivity index (χ1v) is 9.24. The molecule has 0 saturated carbocycles.